The van der Waals surface area contributed by atoms with E-state index in [2.05, 4.69) is 6.07 Å². The van der Waals surface area contributed by atoms with Gasteiger partial charge in [0.25, 0.3) is 0 Å². The van der Waals surface area contributed by atoms with Gasteiger partial charge in [0.1, 0.15) is 6.54 Å². The number of amides is 2. The van der Waals surface area contributed by atoms with Crippen LogP contribution >= 0.6 is 0 Å². The number of rotatable bonds is 6. The Morgan fingerprint density at radius 1 is 0.962 bits per heavy atom. The molecule has 4 heteroatoms. The molecule has 0 heterocycles. The smallest absolute Gasteiger partial charge is 0.243 e. The first-order valence-corrected chi connectivity index (χ1v) is 8.97. The molecular formula is C22H28N2O2. The highest BCUT2D eigenvalue weighted by Crippen LogP contribution is 2.20. The Kier molecular flexibility index (Phi) is 6.56. The number of hydrogen-bond acceptors (Lipinski definition) is 2. The maximum absolute atomic E-state index is 13.0. The Balaban J connectivity index is 2.22. The lowest BCUT2D eigenvalue weighted by Crippen LogP contribution is -2.44. The van der Waals surface area contributed by atoms with Crippen LogP contribution in [0.3, 0.4) is 0 Å². The van der Waals surface area contributed by atoms with Crippen molar-refractivity contribution in [1.82, 2.24) is 4.90 Å². The Hall–Kier alpha value is -2.62. The fraction of sp³-hybridized carbons (Fsp3) is 0.364. The molecule has 26 heavy (non-hydrogen) atoms. The molecular weight excluding hydrogens is 324 g/mol. The van der Waals surface area contributed by atoms with Gasteiger partial charge in [0.05, 0.1) is 0 Å². The minimum absolute atomic E-state index is 0.0449. The van der Waals surface area contributed by atoms with Gasteiger partial charge in [-0.25, -0.2) is 0 Å². The molecule has 0 atom stereocenters. The topological polar surface area (TPSA) is 40.6 Å². The zero-order valence-corrected chi connectivity index (χ0v) is 16.3. The summed E-state index contributed by atoms with van der Waals surface area (Å²) in [5, 5.41) is 0. The second kappa shape index (κ2) is 8.65. The Labute approximate surface area is 156 Å². The molecule has 0 saturated heterocycles. The van der Waals surface area contributed by atoms with Gasteiger partial charge >= 0.3 is 0 Å². The van der Waals surface area contributed by atoms with Crippen molar-refractivity contribution in [2.45, 2.75) is 47.2 Å². The lowest BCUT2D eigenvalue weighted by molar-refractivity contribution is -0.133. The number of hydrogen-bond donors (Lipinski definition) is 0. The van der Waals surface area contributed by atoms with E-state index >= 15 is 0 Å². The van der Waals surface area contributed by atoms with Crippen molar-refractivity contribution in [3.8, 4) is 0 Å². The fourth-order valence-electron chi connectivity index (χ4n) is 3.06. The van der Waals surface area contributed by atoms with E-state index in [0.717, 1.165) is 22.4 Å². The number of nitrogens with zero attached hydrogens (tertiary/aromatic N) is 2. The summed E-state index contributed by atoms with van der Waals surface area (Å²) in [6.45, 7) is 10.1. The van der Waals surface area contributed by atoms with Gasteiger partial charge in [-0.2, -0.15) is 0 Å². The first-order valence-electron chi connectivity index (χ1n) is 8.97. The van der Waals surface area contributed by atoms with E-state index in [0.29, 0.717) is 6.54 Å². The summed E-state index contributed by atoms with van der Waals surface area (Å²) in [4.78, 5) is 28.6. The SMILES string of the molecule is CC(=O)N(CC(=O)N(Cc1ccccc1)C(C)C)c1cc(C)cc(C)c1. The van der Waals surface area contributed by atoms with Gasteiger partial charge in [-0.05, 0) is 56.5 Å². The zero-order chi connectivity index (χ0) is 19.3. The highest BCUT2D eigenvalue weighted by Gasteiger charge is 2.23. The summed E-state index contributed by atoms with van der Waals surface area (Å²) in [6, 6.07) is 15.9. The molecule has 2 rings (SSSR count). The Bertz CT molecular complexity index is 749. The van der Waals surface area contributed by atoms with Crippen LogP contribution in [0.2, 0.25) is 0 Å². The molecule has 0 saturated carbocycles. The second-order valence-corrected chi connectivity index (χ2v) is 7.05. The van der Waals surface area contributed by atoms with E-state index in [-0.39, 0.29) is 24.4 Å². The zero-order valence-electron chi connectivity index (χ0n) is 16.3. The molecule has 138 valence electrons. The maximum atomic E-state index is 13.0. The molecule has 0 unspecified atom stereocenters. The lowest BCUT2D eigenvalue weighted by Gasteiger charge is -2.30. The normalized spacial score (nSPS) is 10.7. The van der Waals surface area contributed by atoms with Crippen molar-refractivity contribution in [3.05, 3.63) is 65.2 Å². The largest absolute Gasteiger partial charge is 0.334 e. The molecule has 4 nitrogen and oxygen atoms in total. The summed E-state index contributed by atoms with van der Waals surface area (Å²) in [7, 11) is 0. The molecule has 2 amide bonds. The van der Waals surface area contributed by atoms with Crippen molar-refractivity contribution in [2.24, 2.45) is 0 Å². The third kappa shape index (κ3) is 5.19. The molecule has 0 bridgehead atoms. The fourth-order valence-corrected chi connectivity index (χ4v) is 3.06. The highest BCUT2D eigenvalue weighted by molar-refractivity contribution is 5.97. The van der Waals surface area contributed by atoms with Crippen LogP contribution in [0.15, 0.2) is 48.5 Å². The predicted molar refractivity (Wildman–Crippen MR) is 106 cm³/mol. The minimum atomic E-state index is -0.133. The van der Waals surface area contributed by atoms with E-state index < -0.39 is 0 Å². The summed E-state index contributed by atoms with van der Waals surface area (Å²) < 4.78 is 0. The average molecular weight is 352 g/mol. The summed E-state index contributed by atoms with van der Waals surface area (Å²) in [6.07, 6.45) is 0. The molecule has 0 spiro atoms. The summed E-state index contributed by atoms with van der Waals surface area (Å²) in [5.41, 5.74) is 3.99. The van der Waals surface area contributed by atoms with Gasteiger partial charge in [-0.3, -0.25) is 9.59 Å². The van der Waals surface area contributed by atoms with Gasteiger partial charge in [0, 0.05) is 25.2 Å². The van der Waals surface area contributed by atoms with Crippen LogP contribution < -0.4 is 4.90 Å². The van der Waals surface area contributed by atoms with Crippen LogP contribution in [0.25, 0.3) is 0 Å². The van der Waals surface area contributed by atoms with Crippen molar-refractivity contribution >= 4 is 17.5 Å². The van der Waals surface area contributed by atoms with Crippen LogP contribution in [-0.4, -0.2) is 29.3 Å². The van der Waals surface area contributed by atoms with Gasteiger partial charge in [-0.15, -0.1) is 0 Å². The first kappa shape index (κ1) is 19.7. The molecule has 2 aromatic carbocycles. The Morgan fingerprint density at radius 3 is 2.04 bits per heavy atom. The van der Waals surface area contributed by atoms with Gasteiger partial charge in [0.15, 0.2) is 0 Å². The molecule has 0 aliphatic heterocycles. The van der Waals surface area contributed by atoms with Crippen LogP contribution in [-0.2, 0) is 16.1 Å². The van der Waals surface area contributed by atoms with Crippen molar-refractivity contribution in [2.75, 3.05) is 11.4 Å². The number of anilines is 1. The molecule has 2 aromatic rings. The van der Waals surface area contributed by atoms with Gasteiger partial charge in [0.2, 0.25) is 11.8 Å². The first-order chi connectivity index (χ1) is 12.3. The lowest BCUT2D eigenvalue weighted by atomic mass is 10.1. The van der Waals surface area contributed by atoms with Crippen molar-refractivity contribution in [3.63, 3.8) is 0 Å². The van der Waals surface area contributed by atoms with Crippen molar-refractivity contribution < 1.29 is 9.59 Å². The molecule has 0 radical (unpaired) electrons. The standard InChI is InChI=1S/C22H28N2O2/c1-16(2)23(14-20-9-7-6-8-10-20)22(26)15-24(19(5)25)21-12-17(3)11-18(4)13-21/h6-13,16H,14-15H2,1-5H3. The molecule has 0 N–H and O–H groups in total. The van der Waals surface area contributed by atoms with E-state index in [1.807, 2.05) is 75.1 Å². The number of aryl methyl sites for hydroxylation is 2. The maximum Gasteiger partial charge on any atom is 0.243 e. The highest BCUT2D eigenvalue weighted by atomic mass is 16.2. The second-order valence-electron chi connectivity index (χ2n) is 7.05. The molecule has 0 aliphatic carbocycles. The third-order valence-corrected chi connectivity index (χ3v) is 4.33. The summed E-state index contributed by atoms with van der Waals surface area (Å²) in [5.74, 6) is -0.190. The quantitative estimate of drug-likeness (QED) is 0.785. The third-order valence-electron chi connectivity index (χ3n) is 4.33. The molecule has 0 fully saturated rings. The minimum Gasteiger partial charge on any atom is -0.334 e. The van der Waals surface area contributed by atoms with E-state index in [1.54, 1.807) is 4.90 Å². The molecule has 0 aliphatic rings. The van der Waals surface area contributed by atoms with E-state index in [1.165, 1.54) is 6.92 Å². The number of carbonyl (C=O) groups excluding carboxylic acids is 2. The average Bonchev–Trinajstić information content (AvgIpc) is 2.56. The number of carbonyl (C=O) groups is 2. The predicted octanol–water partition coefficient (Wildman–Crippen LogP) is 4.09. The van der Waals surface area contributed by atoms with Crippen LogP contribution in [0.4, 0.5) is 5.69 Å². The van der Waals surface area contributed by atoms with Gasteiger partial charge in [-0.1, -0.05) is 36.4 Å². The summed E-state index contributed by atoms with van der Waals surface area (Å²) >= 11 is 0. The Morgan fingerprint density at radius 2 is 1.54 bits per heavy atom. The van der Waals surface area contributed by atoms with E-state index in [4.69, 9.17) is 0 Å². The van der Waals surface area contributed by atoms with Crippen molar-refractivity contribution in [1.29, 1.82) is 0 Å². The monoisotopic (exact) mass is 352 g/mol. The van der Waals surface area contributed by atoms with Crippen LogP contribution in [0, 0.1) is 13.8 Å². The van der Waals surface area contributed by atoms with Gasteiger partial charge < -0.3 is 9.80 Å². The number of benzene rings is 2. The molecule has 0 aromatic heterocycles. The van der Waals surface area contributed by atoms with Crippen LogP contribution in [0.5, 0.6) is 0 Å². The van der Waals surface area contributed by atoms with Crippen LogP contribution in [0.1, 0.15) is 37.5 Å². The van der Waals surface area contributed by atoms with E-state index in [9.17, 15) is 9.59 Å².